The van der Waals surface area contributed by atoms with Gasteiger partial charge in [-0.2, -0.15) is 0 Å². The molecule has 0 saturated heterocycles. The minimum absolute atomic E-state index is 0.142. The SMILES string of the molecule is CCCCCCCCOc1ccc(-c2ccc(C3CCC(CCCCC)CC3)c(F)c2F)cc1. The molecule has 3 rings (SSSR count). The Kier molecular flexibility index (Phi) is 11.4. The Morgan fingerprint density at radius 2 is 1.35 bits per heavy atom. The molecule has 0 bridgehead atoms. The molecular weight excluding hydrogens is 426 g/mol. The largest absolute Gasteiger partial charge is 0.494 e. The molecule has 0 N–H and O–H groups in total. The summed E-state index contributed by atoms with van der Waals surface area (Å²) in [5.74, 6) is 0.310. The third-order valence-corrected chi connectivity index (χ3v) is 7.55. The van der Waals surface area contributed by atoms with Crippen molar-refractivity contribution in [3.05, 3.63) is 53.6 Å². The highest BCUT2D eigenvalue weighted by molar-refractivity contribution is 5.65. The van der Waals surface area contributed by atoms with Gasteiger partial charge in [-0.15, -0.1) is 0 Å². The Labute approximate surface area is 206 Å². The third kappa shape index (κ3) is 7.82. The summed E-state index contributed by atoms with van der Waals surface area (Å²) in [4.78, 5) is 0. The summed E-state index contributed by atoms with van der Waals surface area (Å²) in [6.45, 7) is 5.16. The number of rotatable bonds is 14. The lowest BCUT2D eigenvalue weighted by molar-refractivity contribution is 0.298. The zero-order valence-corrected chi connectivity index (χ0v) is 21.4. The van der Waals surface area contributed by atoms with Crippen LogP contribution in [0.15, 0.2) is 36.4 Å². The molecule has 0 atom stereocenters. The Morgan fingerprint density at radius 1 is 0.706 bits per heavy atom. The van der Waals surface area contributed by atoms with Crippen molar-refractivity contribution in [2.24, 2.45) is 5.92 Å². The number of hydrogen-bond acceptors (Lipinski definition) is 1. The van der Waals surface area contributed by atoms with Gasteiger partial charge in [0.1, 0.15) is 5.75 Å². The van der Waals surface area contributed by atoms with Gasteiger partial charge in [-0.05, 0) is 67.2 Å². The molecule has 1 nitrogen and oxygen atoms in total. The van der Waals surface area contributed by atoms with Crippen LogP contribution in [0, 0.1) is 17.6 Å². The van der Waals surface area contributed by atoms with Gasteiger partial charge in [-0.1, -0.05) is 95.9 Å². The lowest BCUT2D eigenvalue weighted by atomic mass is 9.76. The van der Waals surface area contributed by atoms with Crippen molar-refractivity contribution in [1.82, 2.24) is 0 Å². The van der Waals surface area contributed by atoms with E-state index in [1.54, 1.807) is 6.07 Å². The van der Waals surface area contributed by atoms with E-state index in [9.17, 15) is 0 Å². The zero-order valence-electron chi connectivity index (χ0n) is 21.4. The van der Waals surface area contributed by atoms with Gasteiger partial charge >= 0.3 is 0 Å². The molecule has 3 heteroatoms. The molecule has 34 heavy (non-hydrogen) atoms. The van der Waals surface area contributed by atoms with Gasteiger partial charge in [0.05, 0.1) is 6.61 Å². The smallest absolute Gasteiger partial charge is 0.166 e. The number of hydrogen-bond donors (Lipinski definition) is 0. The first-order valence-electron chi connectivity index (χ1n) is 13.8. The maximum absolute atomic E-state index is 15.1. The van der Waals surface area contributed by atoms with Crippen LogP contribution in [-0.2, 0) is 0 Å². The molecule has 0 heterocycles. The first-order chi connectivity index (χ1) is 16.6. The van der Waals surface area contributed by atoms with E-state index < -0.39 is 11.6 Å². The third-order valence-electron chi connectivity index (χ3n) is 7.55. The summed E-state index contributed by atoms with van der Waals surface area (Å²) in [6, 6.07) is 11.0. The minimum atomic E-state index is -0.719. The topological polar surface area (TPSA) is 9.23 Å². The molecule has 0 unspecified atom stereocenters. The molecule has 188 valence electrons. The van der Waals surface area contributed by atoms with Crippen molar-refractivity contribution in [3.8, 4) is 16.9 Å². The van der Waals surface area contributed by atoms with Crippen LogP contribution in [0.5, 0.6) is 5.75 Å². The maximum atomic E-state index is 15.1. The minimum Gasteiger partial charge on any atom is -0.494 e. The predicted octanol–water partition coefficient (Wildman–Crippen LogP) is 10.2. The molecule has 1 saturated carbocycles. The molecule has 1 fully saturated rings. The van der Waals surface area contributed by atoms with Gasteiger partial charge in [-0.25, -0.2) is 8.78 Å². The van der Waals surface area contributed by atoms with Crippen LogP contribution < -0.4 is 4.74 Å². The molecule has 0 aliphatic heterocycles. The fourth-order valence-corrected chi connectivity index (χ4v) is 5.35. The van der Waals surface area contributed by atoms with Crippen LogP contribution in [0.3, 0.4) is 0 Å². The molecule has 2 aromatic carbocycles. The number of halogens is 2. The molecular formula is C31H44F2O. The molecule has 0 amide bonds. The standard InChI is InChI=1S/C31H44F2O/c1-3-5-7-8-9-11-23-34-27-19-17-26(18-20-27)29-22-21-28(30(32)31(29)33)25-15-13-24(14-16-25)12-10-6-4-2/h17-22,24-25H,3-16,23H2,1-2H3. The first kappa shape index (κ1) is 26.7. The van der Waals surface area contributed by atoms with Crippen molar-refractivity contribution < 1.29 is 13.5 Å². The van der Waals surface area contributed by atoms with Crippen LogP contribution in [0.2, 0.25) is 0 Å². The van der Waals surface area contributed by atoms with Crippen molar-refractivity contribution in [2.45, 2.75) is 110 Å². The molecule has 0 radical (unpaired) electrons. The van der Waals surface area contributed by atoms with Gasteiger partial charge in [-0.3, -0.25) is 0 Å². The van der Waals surface area contributed by atoms with Crippen LogP contribution in [0.1, 0.15) is 115 Å². The Bertz CT molecular complexity index is 837. The Morgan fingerprint density at radius 3 is 2.06 bits per heavy atom. The predicted molar refractivity (Wildman–Crippen MR) is 140 cm³/mol. The molecule has 2 aromatic rings. The Hall–Kier alpha value is -1.90. The van der Waals surface area contributed by atoms with E-state index in [2.05, 4.69) is 13.8 Å². The van der Waals surface area contributed by atoms with Crippen molar-refractivity contribution in [1.29, 1.82) is 0 Å². The van der Waals surface area contributed by atoms with E-state index in [0.717, 1.165) is 43.8 Å². The molecule has 0 spiro atoms. The summed E-state index contributed by atoms with van der Waals surface area (Å²) in [5.41, 5.74) is 1.58. The van der Waals surface area contributed by atoms with Crippen LogP contribution in [0.4, 0.5) is 8.78 Å². The first-order valence-corrected chi connectivity index (χ1v) is 13.8. The van der Waals surface area contributed by atoms with Crippen molar-refractivity contribution >= 4 is 0 Å². The van der Waals surface area contributed by atoms with E-state index in [-0.39, 0.29) is 5.92 Å². The lowest BCUT2D eigenvalue weighted by Crippen LogP contribution is -2.15. The quantitative estimate of drug-likeness (QED) is 0.250. The molecule has 1 aliphatic carbocycles. The highest BCUT2D eigenvalue weighted by atomic mass is 19.2. The summed E-state index contributed by atoms with van der Waals surface area (Å²) in [6.07, 6.45) is 16.7. The highest BCUT2D eigenvalue weighted by Gasteiger charge is 2.26. The normalized spacial score (nSPS) is 18.2. The van der Waals surface area contributed by atoms with Crippen LogP contribution in [-0.4, -0.2) is 6.61 Å². The number of benzene rings is 2. The second kappa shape index (κ2) is 14.5. The van der Waals surface area contributed by atoms with Crippen molar-refractivity contribution in [2.75, 3.05) is 6.61 Å². The van der Waals surface area contributed by atoms with E-state index >= 15 is 8.78 Å². The summed E-state index contributed by atoms with van der Waals surface area (Å²) in [7, 11) is 0. The summed E-state index contributed by atoms with van der Waals surface area (Å²) < 4.78 is 36.0. The average Bonchev–Trinajstić information content (AvgIpc) is 2.86. The monoisotopic (exact) mass is 470 g/mol. The van der Waals surface area contributed by atoms with Gasteiger partial charge < -0.3 is 4.74 Å². The van der Waals surface area contributed by atoms with Gasteiger partial charge in [0.2, 0.25) is 0 Å². The molecule has 1 aliphatic rings. The van der Waals surface area contributed by atoms with Crippen molar-refractivity contribution in [3.63, 3.8) is 0 Å². The highest BCUT2D eigenvalue weighted by Crippen LogP contribution is 2.40. The fourth-order valence-electron chi connectivity index (χ4n) is 5.35. The Balaban J connectivity index is 1.52. The van der Waals surface area contributed by atoms with Gasteiger partial charge in [0, 0.05) is 5.56 Å². The molecule has 0 aromatic heterocycles. The lowest BCUT2D eigenvalue weighted by Gasteiger charge is -2.29. The second-order valence-electron chi connectivity index (χ2n) is 10.2. The number of unbranched alkanes of at least 4 members (excludes halogenated alkanes) is 7. The van der Waals surface area contributed by atoms with Gasteiger partial charge in [0.25, 0.3) is 0 Å². The summed E-state index contributed by atoms with van der Waals surface area (Å²) in [5, 5.41) is 0. The van der Waals surface area contributed by atoms with E-state index in [1.165, 1.54) is 57.8 Å². The zero-order chi connectivity index (χ0) is 24.2. The van der Waals surface area contributed by atoms with E-state index in [1.807, 2.05) is 30.3 Å². The van der Waals surface area contributed by atoms with E-state index in [0.29, 0.717) is 23.3 Å². The van der Waals surface area contributed by atoms with Crippen LogP contribution in [0.25, 0.3) is 11.1 Å². The average molecular weight is 471 g/mol. The second-order valence-corrected chi connectivity index (χ2v) is 10.2. The van der Waals surface area contributed by atoms with Crippen LogP contribution >= 0.6 is 0 Å². The van der Waals surface area contributed by atoms with E-state index in [4.69, 9.17) is 4.74 Å². The van der Waals surface area contributed by atoms with Gasteiger partial charge in [0.15, 0.2) is 11.6 Å². The maximum Gasteiger partial charge on any atom is 0.166 e. The number of ether oxygens (including phenoxy) is 1. The summed E-state index contributed by atoms with van der Waals surface area (Å²) >= 11 is 0. The fraction of sp³-hybridized carbons (Fsp3) is 0.613.